The maximum atomic E-state index is 7.32. The molecule has 0 bridgehead atoms. The van der Waals surface area contributed by atoms with Crippen LogP contribution < -0.4 is 15.7 Å². The zero-order valence-corrected chi connectivity index (χ0v) is 43.4. The minimum Gasteiger partial charge on any atom is -0.455 e. The summed E-state index contributed by atoms with van der Waals surface area (Å²) in [6.45, 7) is 23.6. The Morgan fingerprint density at radius 1 is 0.543 bits per heavy atom. The summed E-state index contributed by atoms with van der Waals surface area (Å²) in [4.78, 5) is 2.74. The van der Waals surface area contributed by atoms with E-state index in [1.54, 1.807) is 0 Å². The monoisotopic (exact) mass is 942 g/mol. The number of nitrogens with zero attached hydrogens (tertiary/aromatic N) is 2. The van der Waals surface area contributed by atoms with E-state index in [9.17, 15) is 0 Å². The first-order chi connectivity index (χ1) is 33.4. The Kier molecular flexibility index (Phi) is 7.90. The van der Waals surface area contributed by atoms with Gasteiger partial charge in [0.05, 0.1) is 16.4 Å². The van der Waals surface area contributed by atoms with Crippen LogP contribution in [0.1, 0.15) is 104 Å². The van der Waals surface area contributed by atoms with E-state index in [-0.39, 0.29) is 28.5 Å². The molecule has 0 fully saturated rings. The largest absolute Gasteiger partial charge is 0.455 e. The van der Waals surface area contributed by atoms with Gasteiger partial charge in [0.15, 0.2) is 0 Å². The van der Waals surface area contributed by atoms with Crippen molar-refractivity contribution in [2.75, 3.05) is 4.81 Å². The lowest BCUT2D eigenvalue weighted by Crippen LogP contribution is -2.60. The topological polar surface area (TPSA) is 21.3 Å². The van der Waals surface area contributed by atoms with Gasteiger partial charge >= 0.3 is 6.85 Å². The fraction of sp³-hybridized carbons (Fsp3) is 0.250. The first kappa shape index (κ1) is 41.4. The number of thiophene rings is 2. The number of fused-ring (bicyclic) bond motifs is 20. The van der Waals surface area contributed by atoms with Crippen molar-refractivity contribution in [2.45, 2.75) is 104 Å². The average molecular weight is 943 g/mol. The molecule has 3 aliphatic rings. The third kappa shape index (κ3) is 5.37. The lowest BCUT2D eigenvalue weighted by molar-refractivity contribution is 0.332. The number of aromatic nitrogens is 1. The Morgan fingerprint density at radius 3 is 1.93 bits per heavy atom. The van der Waals surface area contributed by atoms with Crippen LogP contribution in [0.15, 0.2) is 132 Å². The first-order valence-electron chi connectivity index (χ1n) is 25.3. The second-order valence-electron chi connectivity index (χ2n) is 24.3. The van der Waals surface area contributed by atoms with Crippen LogP contribution in [-0.4, -0.2) is 11.4 Å². The van der Waals surface area contributed by atoms with E-state index in [1.165, 1.54) is 147 Å². The van der Waals surface area contributed by atoms with Crippen LogP contribution in [-0.2, 0) is 21.7 Å². The number of hydrogen-bond donors (Lipinski definition) is 0. The first-order valence-corrected chi connectivity index (χ1v) is 26.9. The molecule has 6 heterocycles. The van der Waals surface area contributed by atoms with E-state index in [1.807, 2.05) is 22.7 Å². The van der Waals surface area contributed by atoms with E-state index >= 15 is 0 Å². The Morgan fingerprint density at radius 2 is 1.17 bits per heavy atom. The van der Waals surface area contributed by atoms with Gasteiger partial charge in [-0.25, -0.2) is 0 Å². The molecular formula is C64H55BN2OS2. The molecule has 2 aliphatic heterocycles. The Bertz CT molecular complexity index is 4330. The van der Waals surface area contributed by atoms with E-state index in [0.29, 0.717) is 0 Å². The number of benzene rings is 8. The van der Waals surface area contributed by atoms with Crippen molar-refractivity contribution in [1.82, 2.24) is 4.57 Å². The Labute approximate surface area is 417 Å². The van der Waals surface area contributed by atoms with Crippen LogP contribution in [0.4, 0.5) is 11.4 Å². The van der Waals surface area contributed by atoms with Crippen LogP contribution in [0.5, 0.6) is 0 Å². The Balaban J connectivity index is 1.16. The molecule has 8 aromatic carbocycles. The lowest BCUT2D eigenvalue weighted by atomic mass is 9.43. The molecule has 342 valence electrons. The standard InChI is InChI=1S/C64H55BN2OS2/c1-61(2,3)34-19-22-36(23-20-34)67-48-30-41-39-28-44-45(64(9,10)26-25-63(44,7)8)32-53(39)70-52(41)31-43(48)55-56-38-16-11-13-17-50(38)68-60(56)57-42-27-35(62(4,5)6)21-24-47(42)66-49-33-54-40(37-15-12-14-18-51(37)69-54)29-46(49)65(67)58(55)59(57)66/h11-24,27-33H,25-26H2,1-10H3. The van der Waals surface area contributed by atoms with Gasteiger partial charge < -0.3 is 13.8 Å². The molecule has 0 radical (unpaired) electrons. The predicted molar refractivity (Wildman–Crippen MR) is 306 cm³/mol. The fourth-order valence-corrected chi connectivity index (χ4v) is 15.5. The Hall–Kier alpha value is -6.34. The fourth-order valence-electron chi connectivity index (χ4n) is 13.2. The van der Waals surface area contributed by atoms with Crippen molar-refractivity contribution in [3.05, 3.63) is 150 Å². The summed E-state index contributed by atoms with van der Waals surface area (Å²) in [6, 6.07) is 50.1. The normalized spacial score (nSPS) is 16.2. The molecule has 4 aromatic heterocycles. The van der Waals surface area contributed by atoms with Crippen molar-refractivity contribution < 1.29 is 4.42 Å². The van der Waals surface area contributed by atoms with Crippen LogP contribution >= 0.6 is 22.7 Å². The maximum Gasteiger partial charge on any atom is 0.333 e. The van der Waals surface area contributed by atoms with Crippen LogP contribution in [0.25, 0.3) is 101 Å². The molecule has 6 heteroatoms. The SMILES string of the molecule is CC(C)(C)c1ccc(N2B3c4cc5c(cc4-n4c6ccc(C(C)(C)C)cc6c6c7oc8ccccc8c7c(c3c64)-c3cc4sc6cc7c(cc6c4cc32)C(C)(C)CCC7(C)C)sc2ccccc25)cc1. The van der Waals surface area contributed by atoms with Gasteiger partial charge in [-0.15, -0.1) is 22.7 Å². The van der Waals surface area contributed by atoms with Crippen LogP contribution in [0.3, 0.4) is 0 Å². The lowest BCUT2D eigenvalue weighted by Gasteiger charge is -2.42. The summed E-state index contributed by atoms with van der Waals surface area (Å²) < 4.78 is 15.3. The van der Waals surface area contributed by atoms with Gasteiger partial charge in [0.2, 0.25) is 0 Å². The number of rotatable bonds is 1. The second-order valence-corrected chi connectivity index (χ2v) is 26.5. The summed E-state index contributed by atoms with van der Waals surface area (Å²) in [5.74, 6) is 0. The van der Waals surface area contributed by atoms with E-state index in [2.05, 4.69) is 206 Å². The third-order valence-corrected chi connectivity index (χ3v) is 19.4. The van der Waals surface area contributed by atoms with E-state index < -0.39 is 0 Å². The summed E-state index contributed by atoms with van der Waals surface area (Å²) >= 11 is 3.88. The highest BCUT2D eigenvalue weighted by Crippen LogP contribution is 2.55. The van der Waals surface area contributed by atoms with Gasteiger partial charge in [0.1, 0.15) is 11.2 Å². The highest BCUT2D eigenvalue weighted by molar-refractivity contribution is 7.26. The zero-order valence-electron chi connectivity index (χ0n) is 41.7. The van der Waals surface area contributed by atoms with Crippen LogP contribution in [0, 0.1) is 0 Å². The zero-order chi connectivity index (χ0) is 47.7. The molecule has 12 aromatic rings. The van der Waals surface area contributed by atoms with Gasteiger partial charge in [0.25, 0.3) is 0 Å². The number of furan rings is 1. The second kappa shape index (κ2) is 13.3. The molecule has 0 saturated carbocycles. The van der Waals surface area contributed by atoms with Gasteiger partial charge in [-0.1, -0.05) is 130 Å². The molecule has 0 atom stereocenters. The van der Waals surface area contributed by atoms with Crippen LogP contribution in [0.2, 0.25) is 0 Å². The molecule has 1 aliphatic carbocycles. The highest BCUT2D eigenvalue weighted by Gasteiger charge is 2.47. The van der Waals surface area contributed by atoms with Gasteiger partial charge in [-0.3, -0.25) is 0 Å². The van der Waals surface area contributed by atoms with Gasteiger partial charge in [0, 0.05) is 79.1 Å². The molecule has 15 rings (SSSR count). The summed E-state index contributed by atoms with van der Waals surface area (Å²) in [6.07, 6.45) is 2.39. The van der Waals surface area contributed by atoms with Crippen molar-refractivity contribution in [2.24, 2.45) is 0 Å². The molecular weight excluding hydrogens is 888 g/mol. The molecule has 0 N–H and O–H groups in total. The summed E-state index contributed by atoms with van der Waals surface area (Å²) in [5, 5.41) is 10.2. The molecule has 0 amide bonds. The van der Waals surface area contributed by atoms with Crippen molar-refractivity contribution in [3.8, 4) is 16.8 Å². The minimum atomic E-state index is -0.143. The molecule has 0 saturated heterocycles. The quantitative estimate of drug-likeness (QED) is 0.153. The molecule has 70 heavy (non-hydrogen) atoms. The highest BCUT2D eigenvalue weighted by atomic mass is 32.1. The smallest absolute Gasteiger partial charge is 0.333 e. The number of anilines is 2. The molecule has 0 unspecified atom stereocenters. The predicted octanol–water partition coefficient (Wildman–Crippen LogP) is 17.6. The maximum absolute atomic E-state index is 7.32. The van der Waals surface area contributed by atoms with Crippen molar-refractivity contribution >= 4 is 136 Å². The number of hydrogen-bond acceptors (Lipinski definition) is 4. The van der Waals surface area contributed by atoms with Gasteiger partial charge in [-0.05, 0) is 140 Å². The average Bonchev–Trinajstić information content (AvgIpc) is 4.09. The number of para-hydroxylation sites is 1. The van der Waals surface area contributed by atoms with Gasteiger partial charge in [-0.2, -0.15) is 0 Å². The minimum absolute atomic E-state index is 0.0180. The summed E-state index contributed by atoms with van der Waals surface area (Å²) in [5.41, 5.74) is 19.3. The van der Waals surface area contributed by atoms with Crippen molar-refractivity contribution in [3.63, 3.8) is 0 Å². The third-order valence-electron chi connectivity index (χ3n) is 17.1. The summed E-state index contributed by atoms with van der Waals surface area (Å²) in [7, 11) is 0. The molecule has 3 nitrogen and oxygen atoms in total. The van der Waals surface area contributed by atoms with E-state index in [0.717, 1.165) is 11.2 Å². The van der Waals surface area contributed by atoms with E-state index in [4.69, 9.17) is 4.42 Å². The van der Waals surface area contributed by atoms with Crippen molar-refractivity contribution in [1.29, 1.82) is 0 Å². The molecule has 0 spiro atoms.